The maximum atomic E-state index is 13.8. The highest BCUT2D eigenvalue weighted by Gasteiger charge is 2.41. The third kappa shape index (κ3) is 7.60. The lowest BCUT2D eigenvalue weighted by molar-refractivity contribution is -0.121. The molecule has 2 amide bonds. The van der Waals surface area contributed by atoms with Crippen LogP contribution in [0.25, 0.3) is 22.4 Å². The summed E-state index contributed by atoms with van der Waals surface area (Å²) in [5, 5.41) is 9.86. The van der Waals surface area contributed by atoms with Gasteiger partial charge in [-0.15, -0.1) is 0 Å². The van der Waals surface area contributed by atoms with E-state index in [9.17, 15) is 24.4 Å². The lowest BCUT2D eigenvalue weighted by atomic mass is 9.98. The van der Waals surface area contributed by atoms with Crippen molar-refractivity contribution in [2.45, 2.75) is 16.7 Å². The van der Waals surface area contributed by atoms with E-state index in [1.165, 1.54) is 52.7 Å². The number of hydrogen-bond donors (Lipinski definition) is 0. The fourth-order valence-corrected chi connectivity index (χ4v) is 7.01. The van der Waals surface area contributed by atoms with Gasteiger partial charge in [0.15, 0.2) is 23.9 Å². The molecule has 1 atom stereocenters. The van der Waals surface area contributed by atoms with Crippen molar-refractivity contribution < 1.29 is 42.9 Å². The van der Waals surface area contributed by atoms with Crippen LogP contribution in [-0.4, -0.2) is 68.8 Å². The first-order chi connectivity index (χ1) is 26.2. The standard InChI is InChI=1S/C41H33N3O9S/c1-49-29-12-8-11-26(17-29)33(45)23-53-41(48)25-13-15-28(16-14-25)44-37(46)21-36(40(44)47)54-39-31(22-42)30(20-32(43-39)24-9-6-5-7-10-24)27-18-34(50-2)38(52-4)35(19-27)51-3/h5-20,36H,21,23H2,1-4H3. The minimum absolute atomic E-state index is 0.127. The molecule has 0 aliphatic carbocycles. The zero-order chi connectivity index (χ0) is 38.4. The number of nitriles is 1. The molecule has 272 valence electrons. The van der Waals surface area contributed by atoms with E-state index in [4.69, 9.17) is 28.7 Å². The quantitative estimate of drug-likeness (QED) is 0.0709. The maximum absolute atomic E-state index is 13.8. The first kappa shape index (κ1) is 37.1. The average molecular weight is 744 g/mol. The molecule has 0 N–H and O–H groups in total. The molecule has 12 nitrogen and oxygen atoms in total. The molecule has 0 radical (unpaired) electrons. The summed E-state index contributed by atoms with van der Waals surface area (Å²) in [7, 11) is 5.97. The lowest BCUT2D eigenvalue weighted by Crippen LogP contribution is -2.31. The number of thioether (sulfide) groups is 1. The number of amides is 2. The summed E-state index contributed by atoms with van der Waals surface area (Å²) in [5.74, 6) is -0.469. The summed E-state index contributed by atoms with van der Waals surface area (Å²) in [6.07, 6.45) is -0.151. The number of ether oxygens (including phenoxy) is 5. The van der Waals surface area contributed by atoms with Gasteiger partial charge in [0, 0.05) is 23.1 Å². The van der Waals surface area contributed by atoms with Gasteiger partial charge in [-0.25, -0.2) is 14.7 Å². The normalized spacial score (nSPS) is 13.6. The van der Waals surface area contributed by atoms with Crippen molar-refractivity contribution in [3.63, 3.8) is 0 Å². The van der Waals surface area contributed by atoms with Gasteiger partial charge in [0.05, 0.1) is 56.2 Å². The van der Waals surface area contributed by atoms with E-state index in [2.05, 4.69) is 6.07 Å². The number of rotatable bonds is 13. The molecule has 0 saturated carbocycles. The second-order valence-electron chi connectivity index (χ2n) is 11.8. The van der Waals surface area contributed by atoms with Gasteiger partial charge in [0.1, 0.15) is 16.8 Å². The van der Waals surface area contributed by atoms with Gasteiger partial charge in [-0.2, -0.15) is 5.26 Å². The van der Waals surface area contributed by atoms with Crippen LogP contribution in [0.1, 0.15) is 32.7 Å². The minimum Gasteiger partial charge on any atom is -0.497 e. The average Bonchev–Trinajstić information content (AvgIpc) is 3.50. The number of nitrogens with zero attached hydrogens (tertiary/aromatic N) is 3. The SMILES string of the molecule is COc1cccc(C(=O)COC(=O)c2ccc(N3C(=O)CC(Sc4nc(-c5ccccc5)cc(-c5cc(OC)c(OC)c(OC)c5)c4C#N)C3=O)cc2)c1. The highest BCUT2D eigenvalue weighted by atomic mass is 32.2. The molecule has 2 heterocycles. The molecule has 0 bridgehead atoms. The monoisotopic (exact) mass is 743 g/mol. The van der Waals surface area contributed by atoms with Gasteiger partial charge >= 0.3 is 5.97 Å². The Labute approximate surface area is 315 Å². The van der Waals surface area contributed by atoms with E-state index in [0.29, 0.717) is 45.4 Å². The summed E-state index contributed by atoms with van der Waals surface area (Å²) in [6.45, 7) is -0.485. The Hall–Kier alpha value is -6.65. The van der Waals surface area contributed by atoms with E-state index >= 15 is 0 Å². The number of benzene rings is 4. The summed E-state index contributed by atoms with van der Waals surface area (Å²) >= 11 is 1.03. The van der Waals surface area contributed by atoms with E-state index < -0.39 is 35.4 Å². The largest absolute Gasteiger partial charge is 0.497 e. The Morgan fingerprint density at radius 2 is 1.52 bits per heavy atom. The van der Waals surface area contributed by atoms with Crippen molar-refractivity contribution in [2.24, 2.45) is 0 Å². The van der Waals surface area contributed by atoms with Crippen LogP contribution in [0.2, 0.25) is 0 Å². The summed E-state index contributed by atoms with van der Waals surface area (Å²) < 4.78 is 27.0. The Bertz CT molecular complexity index is 2260. The van der Waals surface area contributed by atoms with Gasteiger partial charge in [-0.1, -0.05) is 54.2 Å². The van der Waals surface area contributed by atoms with Crippen LogP contribution in [0.4, 0.5) is 5.69 Å². The Morgan fingerprint density at radius 3 is 2.15 bits per heavy atom. The summed E-state index contributed by atoms with van der Waals surface area (Å²) in [4.78, 5) is 58.3. The molecule has 1 fully saturated rings. The fraction of sp³-hybridized carbons (Fsp3) is 0.171. The second kappa shape index (κ2) is 16.4. The number of esters is 1. The summed E-state index contributed by atoms with van der Waals surface area (Å²) in [5.41, 5.74) is 3.32. The second-order valence-corrected chi connectivity index (χ2v) is 13.0. The number of carbonyl (C=O) groups excluding carboxylic acids is 4. The van der Waals surface area contributed by atoms with Crippen molar-refractivity contribution >= 4 is 41.0 Å². The van der Waals surface area contributed by atoms with Crippen LogP contribution < -0.4 is 23.8 Å². The van der Waals surface area contributed by atoms with E-state index in [1.807, 2.05) is 30.3 Å². The molecule has 1 unspecified atom stereocenters. The topological polar surface area (TPSA) is 154 Å². The van der Waals surface area contributed by atoms with Crippen LogP contribution in [0.3, 0.4) is 0 Å². The number of aromatic nitrogens is 1. The molecule has 54 heavy (non-hydrogen) atoms. The number of hydrogen-bond acceptors (Lipinski definition) is 12. The molecule has 1 aromatic heterocycles. The lowest BCUT2D eigenvalue weighted by Gasteiger charge is -2.18. The van der Waals surface area contributed by atoms with E-state index in [-0.39, 0.29) is 28.3 Å². The molecule has 5 aromatic rings. The van der Waals surface area contributed by atoms with Crippen molar-refractivity contribution in [3.05, 3.63) is 114 Å². The van der Waals surface area contributed by atoms with Crippen LogP contribution >= 0.6 is 11.8 Å². The predicted molar refractivity (Wildman–Crippen MR) is 200 cm³/mol. The third-order valence-corrected chi connectivity index (χ3v) is 9.76. The predicted octanol–water partition coefficient (Wildman–Crippen LogP) is 6.79. The fourth-order valence-electron chi connectivity index (χ4n) is 5.88. The number of Topliss-reactive ketones (excluding diaryl/α,β-unsaturated/α-hetero) is 1. The molecule has 13 heteroatoms. The first-order valence-electron chi connectivity index (χ1n) is 16.5. The Morgan fingerprint density at radius 1 is 0.815 bits per heavy atom. The molecular weight excluding hydrogens is 711 g/mol. The molecule has 1 aliphatic heterocycles. The smallest absolute Gasteiger partial charge is 0.338 e. The van der Waals surface area contributed by atoms with Crippen LogP contribution in [-0.2, 0) is 14.3 Å². The number of anilines is 1. The molecule has 6 rings (SSSR count). The van der Waals surface area contributed by atoms with E-state index in [0.717, 1.165) is 22.2 Å². The number of imide groups is 1. The first-order valence-corrected chi connectivity index (χ1v) is 17.4. The zero-order valence-corrected chi connectivity index (χ0v) is 30.5. The highest BCUT2D eigenvalue weighted by molar-refractivity contribution is 8.00. The van der Waals surface area contributed by atoms with Crippen molar-refractivity contribution in [1.82, 2.24) is 4.98 Å². The maximum Gasteiger partial charge on any atom is 0.338 e. The third-order valence-electron chi connectivity index (χ3n) is 8.59. The number of carbonyl (C=O) groups is 4. The van der Waals surface area contributed by atoms with Gasteiger partial charge in [0.25, 0.3) is 0 Å². The van der Waals surface area contributed by atoms with Gasteiger partial charge in [0.2, 0.25) is 17.6 Å². The highest BCUT2D eigenvalue weighted by Crippen LogP contribution is 2.44. The Kier molecular flexibility index (Phi) is 11.2. The van der Waals surface area contributed by atoms with Crippen LogP contribution in [0, 0.1) is 11.3 Å². The molecule has 4 aromatic carbocycles. The molecule has 1 saturated heterocycles. The van der Waals surface area contributed by atoms with Crippen LogP contribution in [0.15, 0.2) is 102 Å². The number of methoxy groups -OCH3 is 4. The molecule has 1 aliphatic rings. The summed E-state index contributed by atoms with van der Waals surface area (Å²) in [6, 6.07) is 29.1. The van der Waals surface area contributed by atoms with Crippen LogP contribution in [0.5, 0.6) is 23.0 Å². The van der Waals surface area contributed by atoms with Gasteiger partial charge < -0.3 is 23.7 Å². The Balaban J connectivity index is 1.25. The van der Waals surface area contributed by atoms with E-state index in [1.54, 1.807) is 42.5 Å². The van der Waals surface area contributed by atoms with Crippen molar-refractivity contribution in [2.75, 3.05) is 39.9 Å². The van der Waals surface area contributed by atoms with Gasteiger partial charge in [-0.05, 0) is 60.2 Å². The molecular formula is C41H33N3O9S. The van der Waals surface area contributed by atoms with Crippen molar-refractivity contribution in [3.8, 4) is 51.5 Å². The zero-order valence-electron chi connectivity index (χ0n) is 29.7. The van der Waals surface area contributed by atoms with Crippen molar-refractivity contribution in [1.29, 1.82) is 5.26 Å². The number of pyridine rings is 1. The number of ketones is 1. The van der Waals surface area contributed by atoms with Gasteiger partial charge in [-0.3, -0.25) is 14.4 Å². The minimum atomic E-state index is -0.900. The molecule has 0 spiro atoms.